The largest absolute Gasteiger partial charge is 1.00 e. The van der Waals surface area contributed by atoms with E-state index in [0.717, 1.165) is 0 Å². The van der Waals surface area contributed by atoms with E-state index in [9.17, 15) is 0 Å². The molecule has 0 aliphatic carbocycles. The predicted octanol–water partition coefficient (Wildman–Crippen LogP) is -2.67. The maximum absolute atomic E-state index is 2.20. The van der Waals surface area contributed by atoms with Crippen molar-refractivity contribution in [2.75, 3.05) is 6.54 Å². The maximum atomic E-state index is 2.20. The lowest BCUT2D eigenvalue weighted by Gasteiger charge is -2.01. The van der Waals surface area contributed by atoms with Crippen LogP contribution < -0.4 is 17.3 Å². The van der Waals surface area contributed by atoms with Gasteiger partial charge in [0.25, 0.3) is 0 Å². The van der Waals surface area contributed by atoms with E-state index in [1.807, 2.05) is 0 Å². The van der Waals surface area contributed by atoms with Gasteiger partial charge in [-0.2, -0.15) is 0 Å². The molecule has 9 heavy (non-hydrogen) atoms. The smallest absolute Gasteiger partial charge is 0.0990 e. The molecule has 0 radical (unpaired) electrons. The van der Waals surface area contributed by atoms with Crippen molar-refractivity contribution in [2.45, 2.75) is 13.3 Å². The van der Waals surface area contributed by atoms with Gasteiger partial charge in [0, 0.05) is 0 Å². The molecular weight excluding hydrogens is 134 g/mol. The van der Waals surface area contributed by atoms with Crippen molar-refractivity contribution in [3.63, 3.8) is 0 Å². The zero-order chi connectivity index (χ0) is 5.82. The summed E-state index contributed by atoms with van der Waals surface area (Å²) in [5.41, 5.74) is 0. The van der Waals surface area contributed by atoms with Gasteiger partial charge in [0.05, 0.1) is 18.9 Å². The molecule has 52 valence electrons. The van der Waals surface area contributed by atoms with Crippen LogP contribution in [0.1, 0.15) is 13.3 Å². The topological polar surface area (TPSA) is 4.44 Å². The minimum Gasteiger partial charge on any atom is -1.00 e. The Bertz CT molecular complexity index is 106. The van der Waals surface area contributed by atoms with Crippen molar-refractivity contribution in [3.8, 4) is 0 Å². The van der Waals surface area contributed by atoms with Gasteiger partial charge in [0.15, 0.2) is 0 Å². The summed E-state index contributed by atoms with van der Waals surface area (Å²) in [7, 11) is 0. The van der Waals surface area contributed by atoms with Crippen LogP contribution in [-0.4, -0.2) is 6.54 Å². The second-order valence-electron chi connectivity index (χ2n) is 2.04. The molecule has 1 nitrogen and oxygen atoms in total. The minimum absolute atomic E-state index is 0. The van der Waals surface area contributed by atoms with E-state index < -0.39 is 0 Å². The number of hydrogen-bond acceptors (Lipinski definition) is 0. The Morgan fingerprint density at radius 3 is 2.22 bits per heavy atom. The lowest BCUT2D eigenvalue weighted by atomic mass is 10.4. The zero-order valence-electron chi connectivity index (χ0n) is 5.60. The molecular formula is C7H12ClN. The highest BCUT2D eigenvalue weighted by molar-refractivity contribution is 5.00. The lowest BCUT2D eigenvalue weighted by Crippen LogP contribution is -3.01. The molecule has 0 atom stereocenters. The number of halogens is 1. The van der Waals surface area contributed by atoms with Crippen LogP contribution in [0.4, 0.5) is 0 Å². The van der Waals surface area contributed by atoms with Crippen LogP contribution in [0.5, 0.6) is 0 Å². The standard InChI is InChI=1S/C7H11N.ClH/c1-2-5-8-6-3-4-7-8;/h3-4,6-7H,2,5H2,1H3;1H. The van der Waals surface area contributed by atoms with E-state index in [0.29, 0.717) is 0 Å². The zero-order valence-corrected chi connectivity index (χ0v) is 6.36. The Balaban J connectivity index is 0.000000640. The summed E-state index contributed by atoms with van der Waals surface area (Å²) >= 11 is 0. The van der Waals surface area contributed by atoms with Crippen LogP contribution in [-0.2, 0) is 0 Å². The van der Waals surface area contributed by atoms with Gasteiger partial charge in [0.2, 0.25) is 0 Å². The van der Waals surface area contributed by atoms with Gasteiger partial charge in [-0.3, -0.25) is 4.90 Å². The molecule has 1 aliphatic heterocycles. The predicted molar refractivity (Wildman–Crippen MR) is 34.4 cm³/mol. The van der Waals surface area contributed by atoms with Crippen molar-refractivity contribution in [1.82, 2.24) is 0 Å². The minimum atomic E-state index is 0. The number of nitrogens with one attached hydrogen (secondary N) is 1. The fraction of sp³-hybridized carbons (Fsp3) is 0.429. The van der Waals surface area contributed by atoms with E-state index in [1.165, 1.54) is 17.9 Å². The van der Waals surface area contributed by atoms with E-state index in [2.05, 4.69) is 31.5 Å². The van der Waals surface area contributed by atoms with E-state index in [-0.39, 0.29) is 12.4 Å². The third-order valence-corrected chi connectivity index (χ3v) is 1.27. The van der Waals surface area contributed by atoms with Gasteiger partial charge >= 0.3 is 0 Å². The Labute approximate surface area is 62.5 Å². The summed E-state index contributed by atoms with van der Waals surface area (Å²) < 4.78 is 0. The molecule has 0 bridgehead atoms. The summed E-state index contributed by atoms with van der Waals surface area (Å²) in [6.07, 6.45) is 9.77. The molecule has 0 spiro atoms. The normalized spacial score (nSPS) is 16.1. The van der Waals surface area contributed by atoms with Crippen LogP contribution >= 0.6 is 0 Å². The maximum Gasteiger partial charge on any atom is 0.0990 e. The van der Waals surface area contributed by atoms with Crippen molar-refractivity contribution in [2.24, 2.45) is 0 Å². The quantitative estimate of drug-likeness (QED) is 0.432. The highest BCUT2D eigenvalue weighted by Gasteiger charge is 1.99. The molecule has 0 unspecified atom stereocenters. The molecule has 0 saturated carbocycles. The molecule has 1 rings (SSSR count). The third kappa shape index (κ3) is 2.68. The van der Waals surface area contributed by atoms with Crippen LogP contribution in [0, 0.1) is 0 Å². The monoisotopic (exact) mass is 145 g/mol. The Morgan fingerprint density at radius 2 is 1.78 bits per heavy atom. The average molecular weight is 146 g/mol. The van der Waals surface area contributed by atoms with Crippen LogP contribution in [0.2, 0.25) is 0 Å². The highest BCUT2D eigenvalue weighted by atomic mass is 35.5. The van der Waals surface area contributed by atoms with Crippen molar-refractivity contribution < 1.29 is 17.3 Å². The molecule has 0 aromatic carbocycles. The fourth-order valence-corrected chi connectivity index (χ4v) is 0.869. The molecule has 1 N–H and O–H groups in total. The summed E-state index contributed by atoms with van der Waals surface area (Å²) in [6.45, 7) is 3.43. The highest BCUT2D eigenvalue weighted by Crippen LogP contribution is 1.76. The number of rotatable bonds is 2. The Kier molecular flexibility index (Phi) is 4.46. The van der Waals surface area contributed by atoms with Gasteiger partial charge in [-0.1, -0.05) is 6.92 Å². The Hall–Kier alpha value is -0.270. The molecule has 1 heterocycles. The second kappa shape index (κ2) is 4.59. The first-order chi connectivity index (χ1) is 3.93. The lowest BCUT2D eigenvalue weighted by molar-refractivity contribution is -0.787. The summed E-state index contributed by atoms with van der Waals surface area (Å²) in [6, 6.07) is 0. The molecule has 0 aromatic heterocycles. The van der Waals surface area contributed by atoms with Gasteiger partial charge in [-0.15, -0.1) is 0 Å². The van der Waals surface area contributed by atoms with Gasteiger partial charge in [-0.25, -0.2) is 0 Å². The van der Waals surface area contributed by atoms with E-state index in [1.54, 1.807) is 0 Å². The SMILES string of the molecule is CCC[NH+]1C=CC=C1.[Cl-]. The van der Waals surface area contributed by atoms with Crippen LogP contribution in [0.15, 0.2) is 24.6 Å². The summed E-state index contributed by atoms with van der Waals surface area (Å²) in [4.78, 5) is 1.47. The van der Waals surface area contributed by atoms with Gasteiger partial charge < -0.3 is 12.4 Å². The first-order valence-corrected chi connectivity index (χ1v) is 3.14. The van der Waals surface area contributed by atoms with E-state index in [4.69, 9.17) is 0 Å². The summed E-state index contributed by atoms with van der Waals surface area (Å²) in [5, 5.41) is 0. The Morgan fingerprint density at radius 1 is 1.22 bits per heavy atom. The number of hydrogen-bond donors (Lipinski definition) is 1. The molecule has 1 aliphatic rings. The van der Waals surface area contributed by atoms with E-state index >= 15 is 0 Å². The van der Waals surface area contributed by atoms with Gasteiger partial charge in [0.1, 0.15) is 0 Å². The fourth-order valence-electron chi connectivity index (χ4n) is 0.869. The number of quaternary nitrogens is 1. The van der Waals surface area contributed by atoms with Gasteiger partial charge in [-0.05, 0) is 18.6 Å². The van der Waals surface area contributed by atoms with Crippen molar-refractivity contribution in [1.29, 1.82) is 0 Å². The third-order valence-electron chi connectivity index (χ3n) is 1.27. The van der Waals surface area contributed by atoms with Crippen molar-refractivity contribution in [3.05, 3.63) is 24.6 Å². The molecule has 2 heteroatoms. The molecule has 0 amide bonds. The van der Waals surface area contributed by atoms with Crippen LogP contribution in [0.3, 0.4) is 0 Å². The molecule has 0 fully saturated rings. The summed E-state index contributed by atoms with van der Waals surface area (Å²) in [5.74, 6) is 0. The van der Waals surface area contributed by atoms with Crippen molar-refractivity contribution >= 4 is 0 Å². The molecule has 0 aromatic rings. The first-order valence-electron chi connectivity index (χ1n) is 3.14. The first kappa shape index (κ1) is 8.73. The average Bonchev–Trinajstić information content (AvgIpc) is 2.19. The van der Waals surface area contributed by atoms with Crippen LogP contribution in [0.25, 0.3) is 0 Å². The molecule has 0 saturated heterocycles. The number of allylic oxidation sites excluding steroid dienone is 2. The second-order valence-corrected chi connectivity index (χ2v) is 2.04.